The molecule has 0 aliphatic heterocycles. The molecule has 9 heteroatoms. The zero-order chi connectivity index (χ0) is 21.3. The molecule has 0 atom stereocenters. The summed E-state index contributed by atoms with van der Waals surface area (Å²) in [6.45, 7) is 1.72. The van der Waals surface area contributed by atoms with E-state index in [0.717, 1.165) is 11.8 Å². The van der Waals surface area contributed by atoms with Crippen molar-refractivity contribution >= 4 is 56.5 Å². The number of thioether (sulfide) groups is 1. The van der Waals surface area contributed by atoms with Crippen molar-refractivity contribution in [2.24, 2.45) is 0 Å². The molecule has 0 aliphatic rings. The monoisotopic (exact) mass is 459 g/mol. The lowest BCUT2D eigenvalue weighted by Gasteiger charge is -2.13. The van der Waals surface area contributed by atoms with Crippen molar-refractivity contribution in [1.29, 1.82) is 0 Å². The number of aromatic nitrogens is 2. The molecule has 2 aromatic carbocycles. The van der Waals surface area contributed by atoms with E-state index in [0.29, 0.717) is 37.3 Å². The summed E-state index contributed by atoms with van der Waals surface area (Å²) in [5.41, 5.74) is 2.11. The second-order valence-electron chi connectivity index (χ2n) is 6.45. The van der Waals surface area contributed by atoms with Crippen LogP contribution < -0.4 is 10.9 Å². The number of carbonyl (C=O) groups excluding carboxylic acids is 1. The lowest BCUT2D eigenvalue weighted by Crippen LogP contribution is -2.22. The number of hydrogen-bond acceptors (Lipinski definition) is 5. The van der Waals surface area contributed by atoms with Gasteiger partial charge in [0, 0.05) is 10.7 Å². The minimum atomic E-state index is -0.362. The first-order valence-corrected chi connectivity index (χ1v) is 11.1. The molecule has 0 unspecified atom stereocenters. The molecule has 0 bridgehead atoms. The van der Waals surface area contributed by atoms with E-state index in [1.807, 2.05) is 0 Å². The Morgan fingerprint density at radius 2 is 2.10 bits per heavy atom. The molecule has 0 aliphatic carbocycles. The van der Waals surface area contributed by atoms with Crippen LogP contribution in [0.5, 0.6) is 0 Å². The first-order chi connectivity index (χ1) is 14.4. The standard InChI is InChI=1S/C21H15ClFN3O2S2/c1-12-9-14(23)5-6-16(12)24-18(27)11-30-21-25-17-7-8-29-19(17)20(28)26(21)15-4-2-3-13(22)10-15/h2-10H,11H2,1H3,(H,24,27). The molecular formula is C21H15ClFN3O2S2. The number of thiophene rings is 1. The van der Waals surface area contributed by atoms with Crippen molar-refractivity contribution in [1.82, 2.24) is 9.55 Å². The number of amides is 1. The van der Waals surface area contributed by atoms with Crippen LogP contribution in [0.25, 0.3) is 15.9 Å². The molecule has 2 aromatic heterocycles. The quantitative estimate of drug-likeness (QED) is 0.326. The minimum Gasteiger partial charge on any atom is -0.325 e. The molecule has 1 N–H and O–H groups in total. The highest BCUT2D eigenvalue weighted by Crippen LogP contribution is 2.25. The highest BCUT2D eigenvalue weighted by molar-refractivity contribution is 7.99. The van der Waals surface area contributed by atoms with Crippen LogP contribution >= 0.6 is 34.7 Å². The Kier molecular flexibility index (Phi) is 5.90. The predicted octanol–water partition coefficient (Wildman–Crippen LogP) is 5.28. The number of fused-ring (bicyclic) bond motifs is 1. The van der Waals surface area contributed by atoms with Gasteiger partial charge in [-0.05, 0) is 60.3 Å². The minimum absolute atomic E-state index is 0.0272. The molecule has 0 saturated heterocycles. The zero-order valence-corrected chi connectivity index (χ0v) is 18.1. The lowest BCUT2D eigenvalue weighted by atomic mass is 10.2. The van der Waals surface area contributed by atoms with Gasteiger partial charge in [-0.2, -0.15) is 0 Å². The van der Waals surface area contributed by atoms with Crippen LogP contribution in [0.2, 0.25) is 5.02 Å². The van der Waals surface area contributed by atoms with E-state index in [1.165, 1.54) is 34.1 Å². The second kappa shape index (κ2) is 8.59. The van der Waals surface area contributed by atoms with Gasteiger partial charge in [0.1, 0.15) is 10.5 Å². The molecule has 0 fully saturated rings. The molecule has 152 valence electrons. The van der Waals surface area contributed by atoms with E-state index < -0.39 is 0 Å². The molecule has 2 heterocycles. The second-order valence-corrected chi connectivity index (χ2v) is 8.74. The van der Waals surface area contributed by atoms with Crippen LogP contribution in [0.1, 0.15) is 5.56 Å². The van der Waals surface area contributed by atoms with Crippen molar-refractivity contribution in [3.05, 3.63) is 80.7 Å². The van der Waals surface area contributed by atoms with Gasteiger partial charge in [-0.25, -0.2) is 9.37 Å². The normalized spacial score (nSPS) is 11.0. The summed E-state index contributed by atoms with van der Waals surface area (Å²) < 4.78 is 15.3. The summed E-state index contributed by atoms with van der Waals surface area (Å²) in [5, 5.41) is 5.45. The van der Waals surface area contributed by atoms with Crippen molar-refractivity contribution < 1.29 is 9.18 Å². The van der Waals surface area contributed by atoms with Gasteiger partial charge in [0.2, 0.25) is 5.91 Å². The Balaban J connectivity index is 1.64. The average Bonchev–Trinajstić information content (AvgIpc) is 3.17. The summed E-state index contributed by atoms with van der Waals surface area (Å²) in [6, 6.07) is 12.8. The van der Waals surface area contributed by atoms with Crippen molar-refractivity contribution in [2.45, 2.75) is 12.1 Å². The van der Waals surface area contributed by atoms with Crippen molar-refractivity contribution in [3.8, 4) is 5.69 Å². The largest absolute Gasteiger partial charge is 0.325 e. The smallest absolute Gasteiger partial charge is 0.276 e. The molecule has 0 saturated carbocycles. The average molecular weight is 460 g/mol. The Morgan fingerprint density at radius 1 is 1.27 bits per heavy atom. The van der Waals surface area contributed by atoms with E-state index >= 15 is 0 Å². The number of nitrogens with zero attached hydrogens (tertiary/aromatic N) is 2. The fraction of sp³-hybridized carbons (Fsp3) is 0.0952. The Hall–Kier alpha value is -2.68. The van der Waals surface area contributed by atoms with E-state index in [-0.39, 0.29) is 23.0 Å². The number of hydrogen-bond donors (Lipinski definition) is 1. The van der Waals surface area contributed by atoms with Gasteiger partial charge in [0.25, 0.3) is 5.56 Å². The molecule has 5 nitrogen and oxygen atoms in total. The highest BCUT2D eigenvalue weighted by atomic mass is 35.5. The summed E-state index contributed by atoms with van der Waals surface area (Å²) in [4.78, 5) is 30.1. The maximum absolute atomic E-state index is 13.3. The first kappa shape index (κ1) is 20.6. The van der Waals surface area contributed by atoms with Gasteiger partial charge in [-0.15, -0.1) is 11.3 Å². The van der Waals surface area contributed by atoms with Gasteiger partial charge in [0.05, 0.1) is 17.0 Å². The van der Waals surface area contributed by atoms with Gasteiger partial charge in [0.15, 0.2) is 5.16 Å². The SMILES string of the molecule is Cc1cc(F)ccc1NC(=O)CSc1nc2ccsc2c(=O)n1-c1cccc(Cl)c1. The van der Waals surface area contributed by atoms with E-state index in [2.05, 4.69) is 10.3 Å². The van der Waals surface area contributed by atoms with E-state index in [1.54, 1.807) is 42.6 Å². The topological polar surface area (TPSA) is 64.0 Å². The van der Waals surface area contributed by atoms with E-state index in [9.17, 15) is 14.0 Å². The Labute approximate surface area is 184 Å². The Morgan fingerprint density at radius 3 is 2.87 bits per heavy atom. The lowest BCUT2D eigenvalue weighted by molar-refractivity contribution is -0.113. The summed E-state index contributed by atoms with van der Waals surface area (Å²) in [5.74, 6) is -0.620. The maximum Gasteiger partial charge on any atom is 0.276 e. The summed E-state index contributed by atoms with van der Waals surface area (Å²) >= 11 is 8.57. The number of aryl methyl sites for hydroxylation is 1. The van der Waals surface area contributed by atoms with Crippen LogP contribution in [0.3, 0.4) is 0 Å². The number of halogens is 2. The van der Waals surface area contributed by atoms with Crippen LogP contribution in [-0.4, -0.2) is 21.2 Å². The molecule has 4 aromatic rings. The predicted molar refractivity (Wildman–Crippen MR) is 121 cm³/mol. The molecule has 30 heavy (non-hydrogen) atoms. The zero-order valence-electron chi connectivity index (χ0n) is 15.7. The first-order valence-electron chi connectivity index (χ1n) is 8.87. The molecule has 4 rings (SSSR count). The molecule has 0 spiro atoms. The fourth-order valence-corrected chi connectivity index (χ4v) is 4.67. The van der Waals surface area contributed by atoms with Gasteiger partial charge >= 0.3 is 0 Å². The highest BCUT2D eigenvalue weighted by Gasteiger charge is 2.16. The van der Waals surface area contributed by atoms with Gasteiger partial charge < -0.3 is 5.32 Å². The molecular weight excluding hydrogens is 445 g/mol. The van der Waals surface area contributed by atoms with Crippen molar-refractivity contribution in [2.75, 3.05) is 11.1 Å². The third-order valence-electron chi connectivity index (χ3n) is 4.31. The fourth-order valence-electron chi connectivity index (χ4n) is 2.92. The van der Waals surface area contributed by atoms with Crippen LogP contribution in [0, 0.1) is 12.7 Å². The number of benzene rings is 2. The van der Waals surface area contributed by atoms with Gasteiger partial charge in [-0.1, -0.05) is 29.4 Å². The number of anilines is 1. The number of carbonyl (C=O) groups is 1. The maximum atomic E-state index is 13.3. The van der Waals surface area contributed by atoms with Gasteiger partial charge in [-0.3, -0.25) is 14.2 Å². The molecule has 0 radical (unpaired) electrons. The van der Waals surface area contributed by atoms with E-state index in [4.69, 9.17) is 11.6 Å². The number of rotatable bonds is 5. The number of nitrogens with one attached hydrogen (secondary N) is 1. The van der Waals surface area contributed by atoms with Crippen LogP contribution in [0.4, 0.5) is 10.1 Å². The molecule has 1 amide bonds. The summed E-state index contributed by atoms with van der Waals surface area (Å²) in [6.07, 6.45) is 0. The van der Waals surface area contributed by atoms with Crippen molar-refractivity contribution in [3.63, 3.8) is 0 Å². The van der Waals surface area contributed by atoms with Crippen LogP contribution in [0.15, 0.2) is 63.9 Å². The Bertz CT molecular complexity index is 1320. The van der Waals surface area contributed by atoms with Crippen LogP contribution in [-0.2, 0) is 4.79 Å². The summed E-state index contributed by atoms with van der Waals surface area (Å²) in [7, 11) is 0. The third kappa shape index (κ3) is 4.26. The third-order valence-corrected chi connectivity index (χ3v) is 6.38.